The van der Waals surface area contributed by atoms with Crippen LogP contribution >= 0.6 is 0 Å². The summed E-state index contributed by atoms with van der Waals surface area (Å²) in [6.45, 7) is -0.00952. The van der Waals surface area contributed by atoms with Crippen LogP contribution in [0, 0.1) is 0 Å². The molecule has 0 aliphatic heterocycles. The Balaban J connectivity index is 2.19. The predicted molar refractivity (Wildman–Crippen MR) is 58.5 cm³/mol. The Morgan fingerprint density at radius 2 is 1.88 bits per heavy atom. The Kier molecular flexibility index (Phi) is 5.22. The number of hydrogen-bond acceptors (Lipinski definition) is 3. The molecule has 0 aromatic heterocycles. The van der Waals surface area contributed by atoms with Crippen LogP contribution in [0.3, 0.4) is 0 Å². The fraction of sp³-hybridized carbons (Fsp3) is 0.333. The monoisotopic (exact) mass is 222 g/mol. The minimum atomic E-state index is -0.991. The van der Waals surface area contributed by atoms with Gasteiger partial charge in [-0.1, -0.05) is 30.3 Å². The van der Waals surface area contributed by atoms with E-state index >= 15 is 0 Å². The van der Waals surface area contributed by atoms with E-state index in [2.05, 4.69) is 0 Å². The first-order valence-electron chi connectivity index (χ1n) is 5.08. The van der Waals surface area contributed by atoms with Gasteiger partial charge in [0.05, 0.1) is 0 Å². The zero-order valence-corrected chi connectivity index (χ0v) is 8.89. The number of ketones is 1. The van der Waals surface area contributed by atoms with Gasteiger partial charge in [-0.2, -0.15) is 0 Å². The molecule has 1 aromatic rings. The van der Waals surface area contributed by atoms with Gasteiger partial charge in [0.1, 0.15) is 6.61 Å². The van der Waals surface area contributed by atoms with Crippen LogP contribution in [0.2, 0.25) is 0 Å². The van der Waals surface area contributed by atoms with Crippen molar-refractivity contribution < 1.29 is 19.4 Å². The summed E-state index contributed by atoms with van der Waals surface area (Å²) in [7, 11) is 0. The van der Waals surface area contributed by atoms with Crippen LogP contribution in [0.15, 0.2) is 30.3 Å². The molecule has 0 saturated heterocycles. The summed E-state index contributed by atoms with van der Waals surface area (Å²) in [5.41, 5.74) is 0.681. The molecule has 16 heavy (non-hydrogen) atoms. The molecule has 0 heterocycles. The van der Waals surface area contributed by atoms with Crippen LogP contribution in [0.5, 0.6) is 0 Å². The molecule has 1 N–H and O–H groups in total. The number of benzene rings is 1. The molecule has 0 radical (unpaired) electrons. The maximum absolute atomic E-state index is 11.6. The average molecular weight is 222 g/mol. The number of aliphatic carboxylic acids is 1. The third-order valence-corrected chi connectivity index (χ3v) is 2.01. The second-order valence-electron chi connectivity index (χ2n) is 3.34. The first kappa shape index (κ1) is 12.4. The smallest absolute Gasteiger partial charge is 0.329 e. The number of carbonyl (C=O) groups is 2. The summed E-state index contributed by atoms with van der Waals surface area (Å²) in [6.07, 6.45) is 0.921. The molecule has 0 aliphatic carbocycles. The van der Waals surface area contributed by atoms with Crippen LogP contribution in [0.25, 0.3) is 0 Å². The van der Waals surface area contributed by atoms with E-state index in [-0.39, 0.29) is 12.4 Å². The Morgan fingerprint density at radius 1 is 1.19 bits per heavy atom. The van der Waals surface area contributed by atoms with Gasteiger partial charge < -0.3 is 9.84 Å². The number of rotatable bonds is 7. The summed E-state index contributed by atoms with van der Waals surface area (Å²) in [4.78, 5) is 21.7. The van der Waals surface area contributed by atoms with Crippen molar-refractivity contribution in [3.05, 3.63) is 35.9 Å². The molecular formula is C12H14O4. The highest BCUT2D eigenvalue weighted by molar-refractivity contribution is 5.95. The van der Waals surface area contributed by atoms with E-state index in [4.69, 9.17) is 9.84 Å². The summed E-state index contributed by atoms with van der Waals surface area (Å²) in [5.74, 6) is -0.936. The fourth-order valence-corrected chi connectivity index (χ4v) is 1.26. The number of Topliss-reactive ketones (excluding diaryl/α,β-unsaturated/α-hetero) is 1. The molecular weight excluding hydrogens is 208 g/mol. The molecule has 0 fully saturated rings. The lowest BCUT2D eigenvalue weighted by molar-refractivity contribution is -0.142. The molecule has 1 aromatic carbocycles. The molecule has 0 amide bonds. The van der Waals surface area contributed by atoms with Crippen molar-refractivity contribution in [2.75, 3.05) is 13.2 Å². The number of ether oxygens (including phenoxy) is 1. The number of carbonyl (C=O) groups excluding carboxylic acids is 1. The van der Waals surface area contributed by atoms with E-state index in [1.54, 1.807) is 12.1 Å². The van der Waals surface area contributed by atoms with Gasteiger partial charge in [-0.25, -0.2) is 4.79 Å². The summed E-state index contributed by atoms with van der Waals surface area (Å²) < 4.78 is 4.83. The predicted octanol–water partition coefficient (Wildman–Crippen LogP) is 1.75. The number of carboxylic acids is 1. The van der Waals surface area contributed by atoms with Gasteiger partial charge in [-0.05, 0) is 6.42 Å². The average Bonchev–Trinajstić information content (AvgIpc) is 2.29. The third-order valence-electron chi connectivity index (χ3n) is 2.01. The Labute approximate surface area is 93.9 Å². The lowest BCUT2D eigenvalue weighted by Gasteiger charge is -2.01. The first-order chi connectivity index (χ1) is 7.70. The highest BCUT2D eigenvalue weighted by Crippen LogP contribution is 2.04. The van der Waals surface area contributed by atoms with Crippen LogP contribution in [-0.4, -0.2) is 30.1 Å². The standard InChI is InChI=1S/C12H14O4/c13-11(10-5-2-1-3-6-10)7-4-8-16-9-12(14)15/h1-3,5-6H,4,7-9H2,(H,14,15). The summed E-state index contributed by atoms with van der Waals surface area (Å²) >= 11 is 0. The lowest BCUT2D eigenvalue weighted by atomic mass is 10.1. The van der Waals surface area contributed by atoms with E-state index < -0.39 is 5.97 Å². The molecule has 0 bridgehead atoms. The van der Waals surface area contributed by atoms with Crippen molar-refractivity contribution in [2.45, 2.75) is 12.8 Å². The molecule has 0 saturated carbocycles. The summed E-state index contributed by atoms with van der Waals surface area (Å²) in [5, 5.41) is 8.31. The SMILES string of the molecule is O=C(O)COCCCC(=O)c1ccccc1. The van der Waals surface area contributed by atoms with Gasteiger partial charge in [-0.15, -0.1) is 0 Å². The van der Waals surface area contributed by atoms with Gasteiger partial charge in [0, 0.05) is 18.6 Å². The Hall–Kier alpha value is -1.68. The van der Waals surface area contributed by atoms with Crippen molar-refractivity contribution in [3.8, 4) is 0 Å². The molecule has 1 rings (SSSR count). The van der Waals surface area contributed by atoms with Crippen molar-refractivity contribution in [1.82, 2.24) is 0 Å². The van der Waals surface area contributed by atoms with Crippen LogP contribution < -0.4 is 0 Å². The van der Waals surface area contributed by atoms with Crippen molar-refractivity contribution >= 4 is 11.8 Å². The van der Waals surface area contributed by atoms with Crippen molar-refractivity contribution in [3.63, 3.8) is 0 Å². The Morgan fingerprint density at radius 3 is 2.50 bits per heavy atom. The fourth-order valence-electron chi connectivity index (χ4n) is 1.26. The van der Waals surface area contributed by atoms with Gasteiger partial charge in [0.2, 0.25) is 0 Å². The van der Waals surface area contributed by atoms with Gasteiger partial charge >= 0.3 is 5.97 Å². The zero-order valence-electron chi connectivity index (χ0n) is 8.89. The Bertz CT molecular complexity index is 345. The van der Waals surface area contributed by atoms with Crippen LogP contribution in [0.4, 0.5) is 0 Å². The minimum absolute atomic E-state index is 0.0551. The van der Waals surface area contributed by atoms with Crippen LogP contribution in [-0.2, 0) is 9.53 Å². The largest absolute Gasteiger partial charge is 0.480 e. The summed E-state index contributed by atoms with van der Waals surface area (Å²) in [6, 6.07) is 9.01. The lowest BCUT2D eigenvalue weighted by Crippen LogP contribution is -2.09. The molecule has 4 heteroatoms. The second kappa shape index (κ2) is 6.74. The number of carboxylic acid groups (broad SMARTS) is 1. The van der Waals surface area contributed by atoms with Gasteiger partial charge in [0.15, 0.2) is 5.78 Å². The maximum atomic E-state index is 11.6. The molecule has 4 nitrogen and oxygen atoms in total. The van der Waals surface area contributed by atoms with Crippen molar-refractivity contribution in [1.29, 1.82) is 0 Å². The van der Waals surface area contributed by atoms with E-state index in [1.165, 1.54) is 0 Å². The van der Waals surface area contributed by atoms with Crippen LogP contribution in [0.1, 0.15) is 23.2 Å². The van der Waals surface area contributed by atoms with E-state index in [1.807, 2.05) is 18.2 Å². The van der Waals surface area contributed by atoms with E-state index in [9.17, 15) is 9.59 Å². The molecule has 0 aliphatic rings. The molecule has 0 spiro atoms. The normalized spacial score (nSPS) is 10.0. The first-order valence-corrected chi connectivity index (χ1v) is 5.08. The maximum Gasteiger partial charge on any atom is 0.329 e. The highest BCUT2D eigenvalue weighted by atomic mass is 16.5. The number of hydrogen-bond donors (Lipinski definition) is 1. The molecule has 0 atom stereocenters. The molecule has 86 valence electrons. The highest BCUT2D eigenvalue weighted by Gasteiger charge is 2.04. The van der Waals surface area contributed by atoms with Gasteiger partial charge in [-0.3, -0.25) is 4.79 Å². The zero-order chi connectivity index (χ0) is 11.8. The van der Waals surface area contributed by atoms with Crippen molar-refractivity contribution in [2.24, 2.45) is 0 Å². The van der Waals surface area contributed by atoms with E-state index in [0.717, 1.165) is 0 Å². The second-order valence-corrected chi connectivity index (χ2v) is 3.34. The van der Waals surface area contributed by atoms with E-state index in [0.29, 0.717) is 25.0 Å². The topological polar surface area (TPSA) is 63.6 Å². The quantitative estimate of drug-likeness (QED) is 0.564. The minimum Gasteiger partial charge on any atom is -0.480 e. The third kappa shape index (κ3) is 4.70. The van der Waals surface area contributed by atoms with Gasteiger partial charge in [0.25, 0.3) is 0 Å². The molecule has 0 unspecified atom stereocenters.